The molecule has 2 aromatic rings. The van der Waals surface area contributed by atoms with Crippen molar-refractivity contribution in [3.05, 3.63) is 59.1 Å². The molecule has 3 rings (SSSR count). The predicted molar refractivity (Wildman–Crippen MR) is 105 cm³/mol. The summed E-state index contributed by atoms with van der Waals surface area (Å²) in [5, 5.41) is 13.1. The molecule has 0 spiro atoms. The number of anilines is 1. The first-order valence-electron chi connectivity index (χ1n) is 8.82. The molecule has 1 atom stereocenters. The van der Waals surface area contributed by atoms with E-state index in [1.165, 1.54) is 0 Å². The van der Waals surface area contributed by atoms with Crippen molar-refractivity contribution in [1.82, 2.24) is 10.2 Å². The standard InChI is InChI=1S/C20H24ClN3O2/c1-15(16-2-4-17(21)5-3-16)22-20(26)14-23-10-12-24(13-11-23)18-6-8-19(25)9-7-18/h2-9,15,25H,10-14H2,1H3,(H,22,26)/t15-/m1/s1. The number of hydrogen-bond acceptors (Lipinski definition) is 4. The summed E-state index contributed by atoms with van der Waals surface area (Å²) in [5.41, 5.74) is 2.14. The number of carbonyl (C=O) groups excluding carboxylic acids is 1. The Hall–Kier alpha value is -2.24. The maximum absolute atomic E-state index is 12.3. The van der Waals surface area contributed by atoms with E-state index in [0.29, 0.717) is 11.6 Å². The Morgan fingerprint density at radius 1 is 1.08 bits per heavy atom. The predicted octanol–water partition coefficient (Wildman–Crippen LogP) is 3.05. The Morgan fingerprint density at radius 2 is 1.69 bits per heavy atom. The third-order valence-electron chi connectivity index (χ3n) is 4.70. The Morgan fingerprint density at radius 3 is 2.31 bits per heavy atom. The zero-order valence-corrected chi connectivity index (χ0v) is 15.6. The number of nitrogens with one attached hydrogen (secondary N) is 1. The monoisotopic (exact) mass is 373 g/mol. The van der Waals surface area contributed by atoms with Crippen molar-refractivity contribution in [1.29, 1.82) is 0 Å². The molecule has 0 saturated carbocycles. The van der Waals surface area contributed by atoms with Crippen LogP contribution in [0.15, 0.2) is 48.5 Å². The maximum atomic E-state index is 12.3. The first-order valence-corrected chi connectivity index (χ1v) is 9.20. The van der Waals surface area contributed by atoms with Crippen molar-refractivity contribution in [3.8, 4) is 5.75 Å². The van der Waals surface area contributed by atoms with Crippen LogP contribution in [0.1, 0.15) is 18.5 Å². The van der Waals surface area contributed by atoms with Gasteiger partial charge in [-0.2, -0.15) is 0 Å². The summed E-state index contributed by atoms with van der Waals surface area (Å²) in [6, 6.07) is 14.7. The molecule has 0 radical (unpaired) electrons. The van der Waals surface area contributed by atoms with Gasteiger partial charge in [0.05, 0.1) is 12.6 Å². The summed E-state index contributed by atoms with van der Waals surface area (Å²) in [6.07, 6.45) is 0. The molecule has 0 aromatic heterocycles. The Kier molecular flexibility index (Phi) is 6.01. The van der Waals surface area contributed by atoms with Gasteiger partial charge >= 0.3 is 0 Å². The van der Waals surface area contributed by atoms with Crippen molar-refractivity contribution >= 4 is 23.2 Å². The van der Waals surface area contributed by atoms with Crippen LogP contribution in [0, 0.1) is 0 Å². The lowest BCUT2D eigenvalue weighted by Gasteiger charge is -2.35. The van der Waals surface area contributed by atoms with Gasteiger partial charge in [0, 0.05) is 36.9 Å². The number of piperazine rings is 1. The molecule has 1 amide bonds. The molecule has 0 bridgehead atoms. The summed E-state index contributed by atoms with van der Waals surface area (Å²) >= 11 is 5.90. The number of benzene rings is 2. The van der Waals surface area contributed by atoms with Crippen LogP contribution in [-0.4, -0.2) is 48.6 Å². The molecule has 26 heavy (non-hydrogen) atoms. The molecule has 1 aliphatic rings. The van der Waals surface area contributed by atoms with Gasteiger partial charge in [0.15, 0.2) is 0 Å². The van der Waals surface area contributed by atoms with Crippen molar-refractivity contribution in [3.63, 3.8) is 0 Å². The zero-order valence-electron chi connectivity index (χ0n) is 14.9. The van der Waals surface area contributed by atoms with E-state index in [2.05, 4.69) is 15.1 Å². The fraction of sp³-hybridized carbons (Fsp3) is 0.350. The SMILES string of the molecule is C[C@@H](NC(=O)CN1CCN(c2ccc(O)cc2)CC1)c1ccc(Cl)cc1. The third kappa shape index (κ3) is 4.90. The van der Waals surface area contributed by atoms with E-state index in [9.17, 15) is 9.90 Å². The van der Waals surface area contributed by atoms with Gasteiger partial charge in [-0.05, 0) is 48.9 Å². The topological polar surface area (TPSA) is 55.8 Å². The van der Waals surface area contributed by atoms with Gasteiger partial charge in [-0.3, -0.25) is 9.69 Å². The second-order valence-corrected chi connectivity index (χ2v) is 7.06. The van der Waals surface area contributed by atoms with Gasteiger partial charge in [-0.15, -0.1) is 0 Å². The van der Waals surface area contributed by atoms with Crippen LogP contribution >= 0.6 is 11.6 Å². The normalized spacial score (nSPS) is 16.3. The van der Waals surface area contributed by atoms with Crippen molar-refractivity contribution in [2.24, 2.45) is 0 Å². The minimum Gasteiger partial charge on any atom is -0.508 e. The fourth-order valence-electron chi connectivity index (χ4n) is 3.15. The summed E-state index contributed by atoms with van der Waals surface area (Å²) in [6.45, 7) is 5.79. The Labute approximate surface area is 159 Å². The number of carbonyl (C=O) groups is 1. The molecular formula is C20H24ClN3O2. The molecule has 1 fully saturated rings. The van der Waals surface area contributed by atoms with Gasteiger partial charge in [0.2, 0.25) is 5.91 Å². The van der Waals surface area contributed by atoms with Crippen LogP contribution in [0.3, 0.4) is 0 Å². The van der Waals surface area contributed by atoms with E-state index < -0.39 is 0 Å². The number of rotatable bonds is 5. The molecule has 1 aliphatic heterocycles. The average Bonchev–Trinajstić information content (AvgIpc) is 2.63. The van der Waals surface area contributed by atoms with Gasteiger partial charge in [0.25, 0.3) is 0 Å². The van der Waals surface area contributed by atoms with Crippen LogP contribution < -0.4 is 10.2 Å². The minimum atomic E-state index is -0.0435. The van der Waals surface area contributed by atoms with E-state index in [-0.39, 0.29) is 17.7 Å². The van der Waals surface area contributed by atoms with Crippen LogP contribution in [0.5, 0.6) is 5.75 Å². The number of aromatic hydroxyl groups is 1. The third-order valence-corrected chi connectivity index (χ3v) is 4.95. The summed E-state index contributed by atoms with van der Waals surface area (Å²) in [5.74, 6) is 0.310. The van der Waals surface area contributed by atoms with Crippen LogP contribution in [0.2, 0.25) is 5.02 Å². The van der Waals surface area contributed by atoms with E-state index in [1.807, 2.05) is 43.3 Å². The van der Waals surface area contributed by atoms with Crippen LogP contribution in [0.4, 0.5) is 5.69 Å². The Bertz CT molecular complexity index is 726. The largest absolute Gasteiger partial charge is 0.508 e. The molecule has 1 saturated heterocycles. The lowest BCUT2D eigenvalue weighted by atomic mass is 10.1. The van der Waals surface area contributed by atoms with E-state index in [4.69, 9.17) is 11.6 Å². The number of amides is 1. The highest BCUT2D eigenvalue weighted by Gasteiger charge is 2.20. The smallest absolute Gasteiger partial charge is 0.234 e. The number of phenolic OH excluding ortho intramolecular Hbond substituents is 1. The second-order valence-electron chi connectivity index (χ2n) is 6.62. The molecule has 0 unspecified atom stereocenters. The number of phenols is 1. The molecule has 1 heterocycles. The molecule has 2 aromatic carbocycles. The first-order chi connectivity index (χ1) is 12.5. The van der Waals surface area contributed by atoms with E-state index >= 15 is 0 Å². The van der Waals surface area contributed by atoms with Crippen molar-refractivity contribution in [2.45, 2.75) is 13.0 Å². The van der Waals surface area contributed by atoms with Crippen molar-refractivity contribution < 1.29 is 9.90 Å². The first kappa shape index (κ1) is 18.5. The minimum absolute atomic E-state index is 0.0329. The zero-order chi connectivity index (χ0) is 18.5. The maximum Gasteiger partial charge on any atom is 0.234 e. The molecule has 2 N–H and O–H groups in total. The molecule has 5 nitrogen and oxygen atoms in total. The van der Waals surface area contributed by atoms with E-state index in [0.717, 1.165) is 37.4 Å². The summed E-state index contributed by atoms with van der Waals surface area (Å²) in [7, 11) is 0. The quantitative estimate of drug-likeness (QED) is 0.845. The van der Waals surface area contributed by atoms with Gasteiger partial charge in [-0.1, -0.05) is 23.7 Å². The Balaban J connectivity index is 1.45. The number of hydrogen-bond donors (Lipinski definition) is 2. The molecule has 6 heteroatoms. The number of nitrogens with zero attached hydrogens (tertiary/aromatic N) is 2. The summed E-state index contributed by atoms with van der Waals surface area (Å²) < 4.78 is 0. The van der Waals surface area contributed by atoms with Crippen LogP contribution in [0.25, 0.3) is 0 Å². The second kappa shape index (κ2) is 8.43. The molecular weight excluding hydrogens is 350 g/mol. The van der Waals surface area contributed by atoms with Gasteiger partial charge in [-0.25, -0.2) is 0 Å². The van der Waals surface area contributed by atoms with Gasteiger partial charge in [0.1, 0.15) is 5.75 Å². The van der Waals surface area contributed by atoms with Crippen molar-refractivity contribution in [2.75, 3.05) is 37.6 Å². The summed E-state index contributed by atoms with van der Waals surface area (Å²) in [4.78, 5) is 16.8. The highest BCUT2D eigenvalue weighted by molar-refractivity contribution is 6.30. The lowest BCUT2D eigenvalue weighted by molar-refractivity contribution is -0.123. The highest BCUT2D eigenvalue weighted by Crippen LogP contribution is 2.20. The molecule has 138 valence electrons. The van der Waals surface area contributed by atoms with E-state index in [1.54, 1.807) is 12.1 Å². The van der Waals surface area contributed by atoms with Gasteiger partial charge < -0.3 is 15.3 Å². The number of halogens is 1. The average molecular weight is 374 g/mol. The lowest BCUT2D eigenvalue weighted by Crippen LogP contribution is -2.49. The fourth-order valence-corrected chi connectivity index (χ4v) is 3.28. The van der Waals surface area contributed by atoms with Crippen LogP contribution in [-0.2, 0) is 4.79 Å². The molecule has 0 aliphatic carbocycles. The highest BCUT2D eigenvalue weighted by atomic mass is 35.5.